The van der Waals surface area contributed by atoms with Crippen molar-refractivity contribution in [2.24, 2.45) is 11.7 Å². The van der Waals surface area contributed by atoms with Crippen LogP contribution >= 0.6 is 0 Å². The van der Waals surface area contributed by atoms with Crippen LogP contribution in [0.25, 0.3) is 6.08 Å². The number of fused-ring (bicyclic) bond motifs is 1. The second-order valence-corrected chi connectivity index (χ2v) is 6.31. The number of carbonyl (C=O) groups is 1. The molecule has 0 radical (unpaired) electrons. The lowest BCUT2D eigenvalue weighted by atomic mass is 9.90. The molecule has 0 spiro atoms. The fraction of sp³-hybridized carbons (Fsp3) is 0.471. The number of ether oxygens (including phenoxy) is 1. The van der Waals surface area contributed by atoms with Gasteiger partial charge in [-0.05, 0) is 31.4 Å². The molecule has 1 aliphatic rings. The first-order valence-electron chi connectivity index (χ1n) is 7.38. The Bertz CT molecular complexity index is 551. The molecule has 1 unspecified atom stereocenters. The van der Waals surface area contributed by atoms with Crippen LogP contribution in [0.1, 0.15) is 32.8 Å². The topological polar surface area (TPSA) is 64.3 Å². The van der Waals surface area contributed by atoms with E-state index in [1.807, 2.05) is 37.3 Å². The van der Waals surface area contributed by atoms with Crippen molar-refractivity contribution >= 4 is 12.0 Å². The minimum Gasteiger partial charge on any atom is -0.488 e. The van der Waals surface area contributed by atoms with Gasteiger partial charge in [0.2, 0.25) is 0 Å². The molecule has 1 atom stereocenters. The van der Waals surface area contributed by atoms with Gasteiger partial charge >= 0.3 is 0 Å². The molecule has 114 valence electrons. The van der Waals surface area contributed by atoms with Gasteiger partial charge in [0.05, 0.1) is 5.57 Å². The maximum atomic E-state index is 12.4. The maximum absolute atomic E-state index is 12.4. The van der Waals surface area contributed by atoms with E-state index >= 15 is 0 Å². The highest BCUT2D eigenvalue weighted by Crippen LogP contribution is 2.26. The third-order valence-corrected chi connectivity index (χ3v) is 3.65. The number of nitrogens with one attached hydrogen (secondary N) is 1. The molecule has 1 aromatic rings. The average molecular weight is 288 g/mol. The number of hydrogen-bond donors (Lipinski definition) is 2. The highest BCUT2D eigenvalue weighted by molar-refractivity contribution is 5.99. The minimum absolute atomic E-state index is 0.0990. The van der Waals surface area contributed by atoms with Crippen molar-refractivity contribution < 1.29 is 9.53 Å². The molecule has 1 aliphatic heterocycles. The number of nitrogens with two attached hydrogens (primary N) is 1. The van der Waals surface area contributed by atoms with Gasteiger partial charge in [-0.15, -0.1) is 0 Å². The standard InChI is InChI=1S/C17H24N2O2/c1-12(2)9-17(3,11-18)19-16(20)14-8-13-6-4-5-7-15(13)21-10-14/h4-8,12H,9-11,18H2,1-3H3,(H,19,20). The first-order valence-corrected chi connectivity index (χ1v) is 7.38. The van der Waals surface area contributed by atoms with E-state index in [0.717, 1.165) is 17.7 Å². The normalized spacial score (nSPS) is 16.5. The zero-order valence-electron chi connectivity index (χ0n) is 13.0. The third-order valence-electron chi connectivity index (χ3n) is 3.65. The third kappa shape index (κ3) is 3.85. The lowest BCUT2D eigenvalue weighted by molar-refractivity contribution is -0.119. The van der Waals surface area contributed by atoms with Gasteiger partial charge in [-0.2, -0.15) is 0 Å². The average Bonchev–Trinajstić information content (AvgIpc) is 2.45. The Kier molecular flexibility index (Phi) is 4.68. The van der Waals surface area contributed by atoms with Gasteiger partial charge in [0, 0.05) is 17.6 Å². The van der Waals surface area contributed by atoms with E-state index < -0.39 is 0 Å². The van der Waals surface area contributed by atoms with Crippen LogP contribution in [0.4, 0.5) is 0 Å². The Morgan fingerprint density at radius 2 is 2.14 bits per heavy atom. The van der Waals surface area contributed by atoms with Crippen molar-refractivity contribution in [3.63, 3.8) is 0 Å². The molecule has 1 heterocycles. The number of benzene rings is 1. The van der Waals surface area contributed by atoms with Crippen molar-refractivity contribution in [3.05, 3.63) is 35.4 Å². The Morgan fingerprint density at radius 1 is 1.43 bits per heavy atom. The van der Waals surface area contributed by atoms with E-state index in [2.05, 4.69) is 19.2 Å². The Labute approximate surface area is 126 Å². The summed E-state index contributed by atoms with van der Waals surface area (Å²) in [6.07, 6.45) is 2.74. The van der Waals surface area contributed by atoms with Crippen LogP contribution in [0.15, 0.2) is 29.8 Å². The van der Waals surface area contributed by atoms with Gasteiger partial charge in [-0.3, -0.25) is 4.79 Å². The highest BCUT2D eigenvalue weighted by Gasteiger charge is 2.28. The Balaban J connectivity index is 2.12. The van der Waals surface area contributed by atoms with Crippen LogP contribution in [-0.4, -0.2) is 24.6 Å². The number of carbonyl (C=O) groups excluding carboxylic acids is 1. The monoisotopic (exact) mass is 288 g/mol. The van der Waals surface area contributed by atoms with E-state index in [0.29, 0.717) is 24.6 Å². The number of amides is 1. The SMILES string of the molecule is CC(C)CC(C)(CN)NC(=O)C1=Cc2ccccc2OC1. The fourth-order valence-electron chi connectivity index (χ4n) is 2.69. The lowest BCUT2D eigenvalue weighted by Gasteiger charge is -2.32. The Hall–Kier alpha value is -1.81. The zero-order chi connectivity index (χ0) is 15.5. The molecule has 0 fully saturated rings. The molecule has 3 N–H and O–H groups in total. The molecule has 1 aromatic carbocycles. The second-order valence-electron chi connectivity index (χ2n) is 6.31. The zero-order valence-corrected chi connectivity index (χ0v) is 13.0. The van der Waals surface area contributed by atoms with E-state index in [-0.39, 0.29) is 11.4 Å². The summed E-state index contributed by atoms with van der Waals surface area (Å²) < 4.78 is 5.63. The predicted molar refractivity (Wildman–Crippen MR) is 85.0 cm³/mol. The molecule has 2 rings (SSSR count). The molecule has 0 bridgehead atoms. The van der Waals surface area contributed by atoms with Crippen LogP contribution in [0.2, 0.25) is 0 Å². The maximum Gasteiger partial charge on any atom is 0.251 e. The molecule has 0 saturated heterocycles. The summed E-state index contributed by atoms with van der Waals surface area (Å²) in [5, 5.41) is 3.06. The molecule has 0 aliphatic carbocycles. The first kappa shape index (κ1) is 15.6. The summed E-state index contributed by atoms with van der Waals surface area (Å²) >= 11 is 0. The summed E-state index contributed by atoms with van der Waals surface area (Å²) in [5.74, 6) is 1.19. The van der Waals surface area contributed by atoms with Gasteiger partial charge < -0.3 is 15.8 Å². The summed E-state index contributed by atoms with van der Waals surface area (Å²) in [6, 6.07) is 7.70. The van der Waals surface area contributed by atoms with Crippen molar-refractivity contribution in [3.8, 4) is 5.75 Å². The quantitative estimate of drug-likeness (QED) is 0.874. The number of rotatable bonds is 5. The van der Waals surface area contributed by atoms with Crippen LogP contribution < -0.4 is 15.8 Å². The molecule has 4 heteroatoms. The predicted octanol–water partition coefficient (Wildman–Crippen LogP) is 2.34. The molecule has 21 heavy (non-hydrogen) atoms. The molecule has 1 amide bonds. The summed E-state index contributed by atoms with van der Waals surface area (Å²) in [4.78, 5) is 12.4. The van der Waals surface area contributed by atoms with Crippen molar-refractivity contribution in [2.75, 3.05) is 13.2 Å². The Morgan fingerprint density at radius 3 is 2.81 bits per heavy atom. The van der Waals surface area contributed by atoms with E-state index in [1.165, 1.54) is 0 Å². The van der Waals surface area contributed by atoms with Gasteiger partial charge in [-0.25, -0.2) is 0 Å². The van der Waals surface area contributed by atoms with E-state index in [4.69, 9.17) is 10.5 Å². The molecule has 0 aromatic heterocycles. The van der Waals surface area contributed by atoms with Crippen molar-refractivity contribution in [1.82, 2.24) is 5.32 Å². The van der Waals surface area contributed by atoms with Gasteiger partial charge in [0.15, 0.2) is 0 Å². The van der Waals surface area contributed by atoms with Crippen molar-refractivity contribution in [2.45, 2.75) is 32.7 Å². The lowest BCUT2D eigenvalue weighted by Crippen LogP contribution is -2.52. The molecule has 0 saturated carbocycles. The number of para-hydroxylation sites is 1. The smallest absolute Gasteiger partial charge is 0.251 e. The van der Waals surface area contributed by atoms with Crippen molar-refractivity contribution in [1.29, 1.82) is 0 Å². The highest BCUT2D eigenvalue weighted by atomic mass is 16.5. The van der Waals surface area contributed by atoms with E-state index in [1.54, 1.807) is 0 Å². The summed E-state index contributed by atoms with van der Waals surface area (Å²) in [7, 11) is 0. The van der Waals surface area contributed by atoms with Crippen LogP contribution in [-0.2, 0) is 4.79 Å². The first-order chi connectivity index (χ1) is 9.93. The number of hydrogen-bond acceptors (Lipinski definition) is 3. The van der Waals surface area contributed by atoms with Gasteiger partial charge in [-0.1, -0.05) is 32.0 Å². The van der Waals surface area contributed by atoms with Crippen LogP contribution in [0, 0.1) is 5.92 Å². The second kappa shape index (κ2) is 6.31. The summed E-state index contributed by atoms with van der Waals surface area (Å²) in [5.41, 5.74) is 7.03. The largest absolute Gasteiger partial charge is 0.488 e. The van der Waals surface area contributed by atoms with Crippen LogP contribution in [0.3, 0.4) is 0 Å². The molecular formula is C17H24N2O2. The molecular weight excluding hydrogens is 264 g/mol. The van der Waals surface area contributed by atoms with Gasteiger partial charge in [0.25, 0.3) is 5.91 Å². The summed E-state index contributed by atoms with van der Waals surface area (Å²) in [6.45, 7) is 6.95. The fourth-order valence-corrected chi connectivity index (χ4v) is 2.69. The van der Waals surface area contributed by atoms with Crippen LogP contribution in [0.5, 0.6) is 5.75 Å². The molecule has 4 nitrogen and oxygen atoms in total. The minimum atomic E-state index is -0.386. The van der Waals surface area contributed by atoms with E-state index in [9.17, 15) is 4.79 Å². The van der Waals surface area contributed by atoms with Gasteiger partial charge in [0.1, 0.15) is 12.4 Å².